The number of carbonyl (C=O) groups excluding carboxylic acids is 1. The molecule has 0 atom stereocenters. The third-order valence-corrected chi connectivity index (χ3v) is 7.17. The normalized spacial score (nSPS) is 18.5. The molecule has 3 heterocycles. The molecule has 2 fully saturated rings. The van der Waals surface area contributed by atoms with Crippen molar-refractivity contribution in [3.63, 3.8) is 0 Å². The van der Waals surface area contributed by atoms with E-state index >= 15 is 0 Å². The number of H-pyrrole nitrogens is 1. The number of amides is 1. The summed E-state index contributed by atoms with van der Waals surface area (Å²) in [7, 11) is -3.42. The van der Waals surface area contributed by atoms with Crippen LogP contribution in [0.4, 0.5) is 15.9 Å². The Morgan fingerprint density at radius 2 is 2.04 bits per heavy atom. The fourth-order valence-electron chi connectivity index (χ4n) is 3.49. The second kappa shape index (κ2) is 7.67. The number of aromatic amines is 1. The minimum Gasteiger partial charge on any atom is -0.368 e. The topological polar surface area (TPSA) is 98.4 Å². The Labute approximate surface area is 163 Å². The van der Waals surface area contributed by atoms with Gasteiger partial charge in [-0.2, -0.15) is 4.31 Å². The van der Waals surface area contributed by atoms with Crippen LogP contribution in [0.15, 0.2) is 18.3 Å². The molecule has 2 aromatic heterocycles. The van der Waals surface area contributed by atoms with Crippen molar-refractivity contribution in [2.24, 2.45) is 5.92 Å². The van der Waals surface area contributed by atoms with Crippen molar-refractivity contribution in [3.05, 3.63) is 18.3 Å². The smallest absolute Gasteiger partial charge is 0.228 e. The van der Waals surface area contributed by atoms with Gasteiger partial charge in [-0.15, -0.1) is 0 Å². The lowest BCUT2D eigenvalue weighted by Crippen LogP contribution is -2.49. The standard InChI is InChI=1S/C18H24FN5O3S/c19-5-1-11-28(26,27)24-9-7-23(8-10-24)15-12-16(22-18(25)13-2-3-13)21-17-14(15)4-6-20-17/h4,6,12-13H,1-3,5,7-11H2,(H2,20,21,22,25). The zero-order valence-corrected chi connectivity index (χ0v) is 16.3. The molecule has 8 nitrogen and oxygen atoms in total. The molecule has 10 heteroatoms. The number of nitrogens with one attached hydrogen (secondary N) is 2. The van der Waals surface area contributed by atoms with Crippen LogP contribution in [0.5, 0.6) is 0 Å². The van der Waals surface area contributed by atoms with Crippen LogP contribution in [0.3, 0.4) is 0 Å². The van der Waals surface area contributed by atoms with E-state index < -0.39 is 16.7 Å². The van der Waals surface area contributed by atoms with Crippen molar-refractivity contribution >= 4 is 38.5 Å². The van der Waals surface area contributed by atoms with Crippen LogP contribution in [0.2, 0.25) is 0 Å². The maximum Gasteiger partial charge on any atom is 0.228 e. The Bertz CT molecular complexity index is 965. The van der Waals surface area contributed by atoms with Gasteiger partial charge in [-0.1, -0.05) is 0 Å². The average molecular weight is 409 g/mol. The van der Waals surface area contributed by atoms with Gasteiger partial charge in [-0.05, 0) is 25.3 Å². The molecule has 1 saturated heterocycles. The van der Waals surface area contributed by atoms with Gasteiger partial charge in [0.25, 0.3) is 0 Å². The Morgan fingerprint density at radius 3 is 2.71 bits per heavy atom. The zero-order valence-electron chi connectivity index (χ0n) is 15.5. The lowest BCUT2D eigenvalue weighted by atomic mass is 10.2. The van der Waals surface area contributed by atoms with Crippen LogP contribution in [0, 0.1) is 5.92 Å². The average Bonchev–Trinajstić information content (AvgIpc) is 3.44. The summed E-state index contributed by atoms with van der Waals surface area (Å²) in [5, 5.41) is 3.81. The van der Waals surface area contributed by atoms with E-state index in [0.29, 0.717) is 37.6 Å². The number of carbonyl (C=O) groups is 1. The number of aromatic nitrogens is 2. The summed E-state index contributed by atoms with van der Waals surface area (Å²) in [6.45, 7) is 1.13. The van der Waals surface area contributed by atoms with Crippen molar-refractivity contribution in [2.45, 2.75) is 19.3 Å². The molecule has 0 radical (unpaired) electrons. The highest BCUT2D eigenvalue weighted by Gasteiger charge is 2.31. The van der Waals surface area contributed by atoms with Crippen LogP contribution in [-0.2, 0) is 14.8 Å². The lowest BCUT2D eigenvalue weighted by Gasteiger charge is -2.35. The lowest BCUT2D eigenvalue weighted by molar-refractivity contribution is -0.117. The zero-order chi connectivity index (χ0) is 19.7. The SMILES string of the molecule is O=C(Nc1cc(N2CCN(S(=O)(=O)CCCF)CC2)c2cc[nH]c2n1)C1CC1. The number of halogens is 1. The van der Waals surface area contributed by atoms with Gasteiger partial charge in [0.2, 0.25) is 15.9 Å². The monoisotopic (exact) mass is 409 g/mol. The Morgan fingerprint density at radius 1 is 1.29 bits per heavy atom. The van der Waals surface area contributed by atoms with E-state index in [0.717, 1.165) is 23.9 Å². The molecule has 2 N–H and O–H groups in total. The number of alkyl halides is 1. The summed E-state index contributed by atoms with van der Waals surface area (Å²) in [6, 6.07) is 3.78. The van der Waals surface area contributed by atoms with E-state index in [1.165, 1.54) is 4.31 Å². The van der Waals surface area contributed by atoms with Gasteiger partial charge in [0.05, 0.1) is 18.1 Å². The number of hydrogen-bond donors (Lipinski definition) is 2. The van der Waals surface area contributed by atoms with Gasteiger partial charge in [0, 0.05) is 49.7 Å². The molecule has 2 aromatic rings. The van der Waals surface area contributed by atoms with E-state index in [2.05, 4.69) is 20.2 Å². The fourth-order valence-corrected chi connectivity index (χ4v) is 4.94. The van der Waals surface area contributed by atoms with Crippen molar-refractivity contribution in [2.75, 3.05) is 48.8 Å². The number of fused-ring (bicyclic) bond motifs is 1. The van der Waals surface area contributed by atoms with E-state index in [1.807, 2.05) is 12.1 Å². The maximum absolute atomic E-state index is 12.3. The van der Waals surface area contributed by atoms with Crippen LogP contribution >= 0.6 is 0 Å². The Kier molecular flexibility index (Phi) is 5.24. The molecule has 1 amide bonds. The molecule has 1 saturated carbocycles. The molecule has 0 bridgehead atoms. The number of hydrogen-bond acceptors (Lipinski definition) is 5. The maximum atomic E-state index is 12.3. The predicted molar refractivity (Wildman–Crippen MR) is 106 cm³/mol. The van der Waals surface area contributed by atoms with Crippen LogP contribution in [0.25, 0.3) is 11.0 Å². The molecular formula is C18H24FN5O3S. The first-order chi connectivity index (χ1) is 13.5. The first-order valence-corrected chi connectivity index (χ1v) is 11.2. The molecule has 0 spiro atoms. The van der Waals surface area contributed by atoms with Gasteiger partial charge in [0.15, 0.2) is 0 Å². The first-order valence-electron chi connectivity index (χ1n) is 9.55. The van der Waals surface area contributed by atoms with E-state index in [9.17, 15) is 17.6 Å². The Hall–Kier alpha value is -2.20. The minimum atomic E-state index is -3.42. The van der Waals surface area contributed by atoms with Gasteiger partial charge in [0.1, 0.15) is 11.5 Å². The van der Waals surface area contributed by atoms with Gasteiger partial charge >= 0.3 is 0 Å². The summed E-state index contributed by atoms with van der Waals surface area (Å²) in [5.74, 6) is 0.425. The van der Waals surface area contributed by atoms with Crippen molar-refractivity contribution in [1.82, 2.24) is 14.3 Å². The molecule has 4 rings (SSSR count). The molecule has 0 aromatic carbocycles. The molecule has 1 aliphatic carbocycles. The highest BCUT2D eigenvalue weighted by Crippen LogP contribution is 2.32. The summed E-state index contributed by atoms with van der Waals surface area (Å²) in [4.78, 5) is 21.8. The number of nitrogens with zero attached hydrogens (tertiary/aromatic N) is 3. The third-order valence-electron chi connectivity index (χ3n) is 5.21. The number of pyridine rings is 1. The summed E-state index contributed by atoms with van der Waals surface area (Å²) in [6.07, 6.45) is 3.66. The minimum absolute atomic E-state index is 0.00636. The summed E-state index contributed by atoms with van der Waals surface area (Å²) >= 11 is 0. The third kappa shape index (κ3) is 3.97. The van der Waals surface area contributed by atoms with Crippen LogP contribution in [0.1, 0.15) is 19.3 Å². The van der Waals surface area contributed by atoms with E-state index in [1.54, 1.807) is 6.20 Å². The van der Waals surface area contributed by atoms with Crippen LogP contribution < -0.4 is 10.2 Å². The van der Waals surface area contributed by atoms with Crippen molar-refractivity contribution in [1.29, 1.82) is 0 Å². The molecule has 152 valence electrons. The highest BCUT2D eigenvalue weighted by molar-refractivity contribution is 7.89. The molecular weight excluding hydrogens is 385 g/mol. The molecule has 1 aliphatic heterocycles. The van der Waals surface area contributed by atoms with Crippen LogP contribution in [-0.4, -0.2) is 67.2 Å². The predicted octanol–water partition coefficient (Wildman–Crippen LogP) is 1.72. The van der Waals surface area contributed by atoms with Gasteiger partial charge < -0.3 is 15.2 Å². The fraction of sp³-hybridized carbons (Fsp3) is 0.556. The molecule has 2 aliphatic rings. The first kappa shape index (κ1) is 19.1. The number of piperazine rings is 1. The van der Waals surface area contributed by atoms with Gasteiger partial charge in [-0.25, -0.2) is 13.4 Å². The Balaban J connectivity index is 1.51. The summed E-state index contributed by atoms with van der Waals surface area (Å²) < 4.78 is 38.3. The largest absolute Gasteiger partial charge is 0.368 e. The van der Waals surface area contributed by atoms with Gasteiger partial charge in [-0.3, -0.25) is 9.18 Å². The van der Waals surface area contributed by atoms with E-state index in [4.69, 9.17) is 0 Å². The van der Waals surface area contributed by atoms with Crippen molar-refractivity contribution in [3.8, 4) is 0 Å². The number of anilines is 2. The number of sulfonamides is 1. The second-order valence-electron chi connectivity index (χ2n) is 7.27. The quantitative estimate of drug-likeness (QED) is 0.726. The van der Waals surface area contributed by atoms with E-state index in [-0.39, 0.29) is 24.0 Å². The van der Waals surface area contributed by atoms with Crippen molar-refractivity contribution < 1.29 is 17.6 Å². The second-order valence-corrected chi connectivity index (χ2v) is 9.36. The molecule has 28 heavy (non-hydrogen) atoms. The highest BCUT2D eigenvalue weighted by atomic mass is 32.2. The number of rotatable bonds is 7. The molecule has 0 unspecified atom stereocenters. The summed E-state index contributed by atoms with van der Waals surface area (Å²) in [5.41, 5.74) is 1.60.